The number of methoxy groups -OCH3 is 1. The van der Waals surface area contributed by atoms with Gasteiger partial charge in [0.25, 0.3) is 0 Å². The highest BCUT2D eigenvalue weighted by molar-refractivity contribution is 6.28. The molecule has 0 aromatic carbocycles. The van der Waals surface area contributed by atoms with Crippen molar-refractivity contribution in [2.45, 2.75) is 18.6 Å². The number of hydrogen-bond donors (Lipinski definition) is 3. The molecule has 1 aromatic rings. The van der Waals surface area contributed by atoms with E-state index in [2.05, 4.69) is 9.97 Å². The summed E-state index contributed by atoms with van der Waals surface area (Å²) in [4.78, 5) is 17.7. The highest BCUT2D eigenvalue weighted by Crippen LogP contribution is 2.26. The molecule has 1 heterocycles. The molecule has 0 bridgehead atoms. The van der Waals surface area contributed by atoms with E-state index >= 15 is 0 Å². The summed E-state index contributed by atoms with van der Waals surface area (Å²) in [7, 11) is 1.30. The summed E-state index contributed by atoms with van der Waals surface area (Å²) < 4.78 is 4.85. The first-order chi connectivity index (χ1) is 7.95. The molecule has 0 spiro atoms. The van der Waals surface area contributed by atoms with Crippen LogP contribution in [0.25, 0.3) is 0 Å². The molecule has 0 aliphatic rings. The van der Waals surface area contributed by atoms with Gasteiger partial charge in [-0.15, -0.1) is 0 Å². The number of aromatic nitrogens is 2. The molecule has 1 aromatic heterocycles. The molecule has 0 saturated heterocycles. The van der Waals surface area contributed by atoms with Gasteiger partial charge < -0.3 is 20.1 Å². The van der Waals surface area contributed by atoms with E-state index in [4.69, 9.17) is 21.4 Å². The number of carboxylic acid groups (broad SMARTS) is 1. The lowest BCUT2D eigenvalue weighted by Crippen LogP contribution is -2.22. The zero-order valence-electron chi connectivity index (χ0n) is 8.87. The summed E-state index contributed by atoms with van der Waals surface area (Å²) in [5.74, 6) is -1.24. The van der Waals surface area contributed by atoms with Crippen molar-refractivity contribution in [1.29, 1.82) is 0 Å². The van der Waals surface area contributed by atoms with E-state index in [9.17, 15) is 15.0 Å². The molecule has 0 fully saturated rings. The van der Waals surface area contributed by atoms with E-state index < -0.39 is 24.6 Å². The highest BCUT2D eigenvalue weighted by Gasteiger charge is 2.25. The van der Waals surface area contributed by atoms with Crippen LogP contribution in [0.3, 0.4) is 0 Å². The molecule has 8 heteroatoms. The predicted molar refractivity (Wildman–Crippen MR) is 56.8 cm³/mol. The van der Waals surface area contributed by atoms with E-state index in [1.54, 1.807) is 0 Å². The zero-order chi connectivity index (χ0) is 13.0. The molecule has 2 atom stereocenters. The molecule has 7 nitrogen and oxygen atoms in total. The molecule has 3 N–H and O–H groups in total. The third kappa shape index (κ3) is 3.52. The minimum Gasteiger partial charge on any atom is -0.481 e. The number of aliphatic hydroxyl groups is 2. The minimum absolute atomic E-state index is 0.0121. The molecule has 0 saturated carbocycles. The summed E-state index contributed by atoms with van der Waals surface area (Å²) >= 11 is 5.52. The number of carboxylic acids is 1. The average Bonchev–Trinajstić information content (AvgIpc) is 2.27. The largest absolute Gasteiger partial charge is 0.481 e. The van der Waals surface area contributed by atoms with E-state index in [-0.39, 0.29) is 16.7 Å². The smallest absolute Gasteiger partial charge is 0.306 e. The number of ether oxygens (including phenoxy) is 1. The van der Waals surface area contributed by atoms with Gasteiger partial charge in [-0.25, -0.2) is 4.98 Å². The van der Waals surface area contributed by atoms with Crippen molar-refractivity contribution in [2.24, 2.45) is 0 Å². The maximum absolute atomic E-state index is 10.4. The van der Waals surface area contributed by atoms with Crippen molar-refractivity contribution in [1.82, 2.24) is 9.97 Å². The third-order valence-electron chi connectivity index (χ3n) is 2.01. The summed E-state index contributed by atoms with van der Waals surface area (Å²) in [6.07, 6.45) is -2.37. The van der Waals surface area contributed by atoms with Crippen LogP contribution in [0.15, 0.2) is 6.20 Å². The van der Waals surface area contributed by atoms with Crippen LogP contribution in [0.4, 0.5) is 0 Å². The van der Waals surface area contributed by atoms with Crippen molar-refractivity contribution in [3.05, 3.63) is 17.0 Å². The lowest BCUT2D eigenvalue weighted by atomic mass is 10.0. The maximum Gasteiger partial charge on any atom is 0.306 e. The molecule has 0 aliphatic carbocycles. The van der Waals surface area contributed by atoms with Crippen LogP contribution in [-0.2, 0) is 4.79 Å². The molecule has 0 radical (unpaired) electrons. The first kappa shape index (κ1) is 13.6. The quantitative estimate of drug-likeness (QED) is 0.641. The second-order valence-corrected chi connectivity index (χ2v) is 3.55. The highest BCUT2D eigenvalue weighted by atomic mass is 35.5. The van der Waals surface area contributed by atoms with Crippen molar-refractivity contribution in [3.8, 4) is 5.88 Å². The van der Waals surface area contributed by atoms with Crippen LogP contribution in [0.2, 0.25) is 5.28 Å². The Morgan fingerprint density at radius 2 is 2.24 bits per heavy atom. The number of carbonyl (C=O) groups is 1. The second kappa shape index (κ2) is 5.76. The number of aliphatic carboxylic acids is 1. The maximum atomic E-state index is 10.4. The van der Waals surface area contributed by atoms with Gasteiger partial charge in [0, 0.05) is 6.20 Å². The first-order valence-electron chi connectivity index (χ1n) is 4.60. The average molecular weight is 263 g/mol. The standard InChI is InChI=1S/C9H11ClN2O5/c1-17-8-4(3-11-9(10)12-8)7(16)5(13)2-6(14)15/h3,5,7,13,16H,2H2,1H3,(H,14,15). The summed E-state index contributed by atoms with van der Waals surface area (Å²) in [6, 6.07) is 0. The van der Waals surface area contributed by atoms with Crippen LogP contribution < -0.4 is 4.74 Å². The van der Waals surface area contributed by atoms with Gasteiger partial charge in [0.1, 0.15) is 6.10 Å². The van der Waals surface area contributed by atoms with Crippen LogP contribution in [-0.4, -0.2) is 44.5 Å². The Bertz CT molecular complexity index is 414. The van der Waals surface area contributed by atoms with Crippen LogP contribution in [0.1, 0.15) is 18.1 Å². The fourth-order valence-electron chi connectivity index (χ4n) is 1.22. The van der Waals surface area contributed by atoms with E-state index in [0.717, 1.165) is 0 Å². The second-order valence-electron chi connectivity index (χ2n) is 3.21. The molecular weight excluding hydrogens is 252 g/mol. The fourth-order valence-corrected chi connectivity index (χ4v) is 1.34. The molecule has 94 valence electrons. The van der Waals surface area contributed by atoms with Gasteiger partial charge in [-0.05, 0) is 11.6 Å². The molecule has 17 heavy (non-hydrogen) atoms. The minimum atomic E-state index is -1.48. The number of rotatable bonds is 5. The normalized spacial score (nSPS) is 14.1. The third-order valence-corrected chi connectivity index (χ3v) is 2.19. The summed E-state index contributed by atoms with van der Waals surface area (Å²) in [5.41, 5.74) is 0.0747. The van der Waals surface area contributed by atoms with Gasteiger partial charge in [-0.1, -0.05) is 0 Å². The van der Waals surface area contributed by atoms with E-state index in [0.29, 0.717) is 0 Å². The van der Waals surface area contributed by atoms with Gasteiger partial charge in [0.05, 0.1) is 25.2 Å². The van der Waals surface area contributed by atoms with Gasteiger partial charge in [-0.2, -0.15) is 4.98 Å². The summed E-state index contributed by atoms with van der Waals surface area (Å²) in [5, 5.41) is 27.6. The van der Waals surface area contributed by atoms with Crippen molar-refractivity contribution in [2.75, 3.05) is 7.11 Å². The molecule has 2 unspecified atom stereocenters. The van der Waals surface area contributed by atoms with Crippen LogP contribution >= 0.6 is 11.6 Å². The summed E-state index contributed by atoms with van der Waals surface area (Å²) in [6.45, 7) is 0. The van der Waals surface area contributed by atoms with Crippen molar-refractivity contribution in [3.63, 3.8) is 0 Å². The van der Waals surface area contributed by atoms with Gasteiger partial charge in [0.15, 0.2) is 0 Å². The number of halogens is 1. The Labute approximate surface area is 102 Å². The molecule has 0 amide bonds. The Balaban J connectivity index is 2.94. The topological polar surface area (TPSA) is 113 Å². The van der Waals surface area contributed by atoms with Crippen LogP contribution in [0.5, 0.6) is 5.88 Å². The van der Waals surface area contributed by atoms with Crippen LogP contribution in [0, 0.1) is 0 Å². The van der Waals surface area contributed by atoms with E-state index in [1.807, 2.05) is 0 Å². The lowest BCUT2D eigenvalue weighted by molar-refractivity contribution is -0.141. The fraction of sp³-hybridized carbons (Fsp3) is 0.444. The number of nitrogens with zero attached hydrogens (tertiary/aromatic N) is 2. The Morgan fingerprint density at radius 3 is 2.76 bits per heavy atom. The molecule has 0 aliphatic heterocycles. The zero-order valence-corrected chi connectivity index (χ0v) is 9.63. The number of hydrogen-bond acceptors (Lipinski definition) is 6. The van der Waals surface area contributed by atoms with Crippen molar-refractivity contribution >= 4 is 17.6 Å². The van der Waals surface area contributed by atoms with Gasteiger partial charge >= 0.3 is 5.97 Å². The number of aliphatic hydroxyl groups excluding tert-OH is 2. The van der Waals surface area contributed by atoms with Crippen molar-refractivity contribution < 1.29 is 24.9 Å². The van der Waals surface area contributed by atoms with Gasteiger partial charge in [0.2, 0.25) is 11.2 Å². The Morgan fingerprint density at radius 1 is 1.59 bits per heavy atom. The Hall–Kier alpha value is -1.44. The monoisotopic (exact) mass is 262 g/mol. The lowest BCUT2D eigenvalue weighted by Gasteiger charge is -2.17. The molecule has 1 rings (SSSR count). The van der Waals surface area contributed by atoms with Gasteiger partial charge in [-0.3, -0.25) is 4.79 Å². The molecular formula is C9H11ClN2O5. The predicted octanol–water partition coefficient (Wildman–Crippen LogP) is 0.00760. The Kier molecular flexibility index (Phi) is 4.62. The van der Waals surface area contributed by atoms with E-state index in [1.165, 1.54) is 13.3 Å². The first-order valence-corrected chi connectivity index (χ1v) is 4.97. The SMILES string of the molecule is COc1nc(Cl)ncc1C(O)C(O)CC(=O)O.